The summed E-state index contributed by atoms with van der Waals surface area (Å²) < 4.78 is 0. The Morgan fingerprint density at radius 2 is 1.90 bits per heavy atom. The number of aromatic carboxylic acids is 1. The molecule has 2 aromatic rings. The van der Waals surface area contributed by atoms with Crippen LogP contribution in [0.2, 0.25) is 0 Å². The highest BCUT2D eigenvalue weighted by Crippen LogP contribution is 2.30. The molecule has 1 amide bonds. The van der Waals surface area contributed by atoms with Gasteiger partial charge in [0.1, 0.15) is 5.75 Å². The molecule has 0 fully saturated rings. The number of hydrogen-bond acceptors (Lipinski definition) is 3. The number of amides is 1. The standard InChI is InChI=1S/C15H15NO4/c1-8(2)16-14(18)11-5-3-4-9-6-10(15(19)20)7-12(17)13(9)11/h3-8,17H,1-2H3,(H,16,18)(H,19,20). The van der Waals surface area contributed by atoms with Crippen molar-refractivity contribution in [3.05, 3.63) is 41.5 Å². The average molecular weight is 273 g/mol. The predicted octanol–water partition coefficient (Wildman–Crippen LogP) is 2.38. The van der Waals surface area contributed by atoms with Crippen LogP contribution in [-0.2, 0) is 0 Å². The van der Waals surface area contributed by atoms with E-state index < -0.39 is 5.97 Å². The van der Waals surface area contributed by atoms with E-state index in [0.29, 0.717) is 16.3 Å². The van der Waals surface area contributed by atoms with Crippen LogP contribution in [0.5, 0.6) is 5.75 Å². The van der Waals surface area contributed by atoms with E-state index in [-0.39, 0.29) is 23.3 Å². The van der Waals surface area contributed by atoms with Crippen LogP contribution in [0.25, 0.3) is 10.8 Å². The second kappa shape index (κ2) is 5.21. The number of fused-ring (bicyclic) bond motifs is 1. The molecule has 5 nitrogen and oxygen atoms in total. The molecule has 5 heteroatoms. The van der Waals surface area contributed by atoms with Crippen LogP contribution in [0.15, 0.2) is 30.3 Å². The third-order valence-electron chi connectivity index (χ3n) is 2.87. The van der Waals surface area contributed by atoms with E-state index in [4.69, 9.17) is 5.11 Å². The highest BCUT2D eigenvalue weighted by atomic mass is 16.4. The Hall–Kier alpha value is -2.56. The summed E-state index contributed by atoms with van der Waals surface area (Å²) in [4.78, 5) is 23.1. The molecule has 0 atom stereocenters. The maximum absolute atomic E-state index is 12.1. The lowest BCUT2D eigenvalue weighted by Crippen LogP contribution is -2.30. The lowest BCUT2D eigenvalue weighted by molar-refractivity contribution is 0.0696. The van der Waals surface area contributed by atoms with Gasteiger partial charge in [0, 0.05) is 11.4 Å². The molecule has 0 spiro atoms. The summed E-state index contributed by atoms with van der Waals surface area (Å²) in [6, 6.07) is 7.47. The molecular formula is C15H15NO4. The van der Waals surface area contributed by atoms with Gasteiger partial charge >= 0.3 is 5.97 Å². The second-order valence-corrected chi connectivity index (χ2v) is 4.83. The fourth-order valence-electron chi connectivity index (χ4n) is 2.06. The molecule has 0 aliphatic rings. The Kier molecular flexibility index (Phi) is 3.61. The number of carbonyl (C=O) groups is 2. The zero-order chi connectivity index (χ0) is 14.9. The van der Waals surface area contributed by atoms with E-state index in [0.717, 1.165) is 6.07 Å². The lowest BCUT2D eigenvalue weighted by Gasteiger charge is -2.12. The van der Waals surface area contributed by atoms with Crippen LogP contribution in [-0.4, -0.2) is 28.1 Å². The van der Waals surface area contributed by atoms with Crippen molar-refractivity contribution in [2.45, 2.75) is 19.9 Å². The van der Waals surface area contributed by atoms with Gasteiger partial charge in [-0.15, -0.1) is 0 Å². The van der Waals surface area contributed by atoms with E-state index in [1.54, 1.807) is 18.2 Å². The fourth-order valence-corrected chi connectivity index (χ4v) is 2.06. The van der Waals surface area contributed by atoms with E-state index in [1.807, 2.05) is 13.8 Å². The topological polar surface area (TPSA) is 86.6 Å². The number of phenolic OH excluding ortho intramolecular Hbond substituents is 1. The number of aromatic hydroxyl groups is 1. The Balaban J connectivity index is 2.63. The number of carboxylic acids is 1. The van der Waals surface area contributed by atoms with Crippen molar-refractivity contribution in [3.8, 4) is 5.75 Å². The molecule has 0 unspecified atom stereocenters. The lowest BCUT2D eigenvalue weighted by atomic mass is 10.00. The summed E-state index contributed by atoms with van der Waals surface area (Å²) in [6.45, 7) is 3.68. The number of rotatable bonds is 3. The third-order valence-corrected chi connectivity index (χ3v) is 2.87. The molecule has 0 heterocycles. The van der Waals surface area contributed by atoms with Crippen LogP contribution >= 0.6 is 0 Å². The second-order valence-electron chi connectivity index (χ2n) is 4.83. The average Bonchev–Trinajstić information content (AvgIpc) is 2.36. The van der Waals surface area contributed by atoms with Gasteiger partial charge in [-0.1, -0.05) is 12.1 Å². The highest BCUT2D eigenvalue weighted by molar-refractivity contribution is 6.10. The van der Waals surface area contributed by atoms with E-state index in [1.165, 1.54) is 6.07 Å². The number of hydrogen-bond donors (Lipinski definition) is 3. The minimum Gasteiger partial charge on any atom is -0.507 e. The Labute approximate surface area is 115 Å². The van der Waals surface area contributed by atoms with Gasteiger partial charge in [-0.05, 0) is 37.4 Å². The highest BCUT2D eigenvalue weighted by Gasteiger charge is 2.16. The van der Waals surface area contributed by atoms with Crippen molar-refractivity contribution in [1.82, 2.24) is 5.32 Å². The Morgan fingerprint density at radius 1 is 1.20 bits per heavy atom. The summed E-state index contributed by atoms with van der Waals surface area (Å²) in [5, 5.41) is 22.6. The summed E-state index contributed by atoms with van der Waals surface area (Å²) in [7, 11) is 0. The minimum absolute atomic E-state index is 0.0172. The number of phenols is 1. The van der Waals surface area contributed by atoms with Gasteiger partial charge in [0.05, 0.1) is 11.1 Å². The quantitative estimate of drug-likeness (QED) is 0.801. The molecule has 3 N–H and O–H groups in total. The van der Waals surface area contributed by atoms with Crippen molar-refractivity contribution in [1.29, 1.82) is 0 Å². The monoisotopic (exact) mass is 273 g/mol. The molecule has 0 radical (unpaired) electrons. The summed E-state index contributed by atoms with van der Waals surface area (Å²) in [5.41, 5.74) is 0.307. The molecule has 2 aromatic carbocycles. The van der Waals surface area contributed by atoms with Crippen LogP contribution in [0, 0.1) is 0 Å². The minimum atomic E-state index is -1.13. The first-order valence-electron chi connectivity index (χ1n) is 6.20. The van der Waals surface area contributed by atoms with Crippen LogP contribution in [0.3, 0.4) is 0 Å². The molecule has 0 saturated heterocycles. The summed E-state index contributed by atoms with van der Waals surface area (Å²) in [5.74, 6) is -1.64. The maximum atomic E-state index is 12.1. The zero-order valence-corrected chi connectivity index (χ0v) is 11.2. The van der Waals surface area contributed by atoms with Crippen molar-refractivity contribution >= 4 is 22.6 Å². The summed E-state index contributed by atoms with van der Waals surface area (Å²) >= 11 is 0. The Morgan fingerprint density at radius 3 is 2.50 bits per heavy atom. The normalized spacial score (nSPS) is 10.8. The predicted molar refractivity (Wildman–Crippen MR) is 75.2 cm³/mol. The van der Waals surface area contributed by atoms with Crippen molar-refractivity contribution in [3.63, 3.8) is 0 Å². The van der Waals surface area contributed by atoms with Gasteiger partial charge in [0.15, 0.2) is 0 Å². The molecule has 0 bridgehead atoms. The van der Waals surface area contributed by atoms with Crippen LogP contribution < -0.4 is 5.32 Å². The van der Waals surface area contributed by atoms with E-state index in [2.05, 4.69) is 5.32 Å². The summed E-state index contributed by atoms with van der Waals surface area (Å²) in [6.07, 6.45) is 0. The molecule has 20 heavy (non-hydrogen) atoms. The number of nitrogens with one attached hydrogen (secondary N) is 1. The molecular weight excluding hydrogens is 258 g/mol. The van der Waals surface area contributed by atoms with Crippen molar-refractivity contribution in [2.24, 2.45) is 0 Å². The fraction of sp³-hybridized carbons (Fsp3) is 0.200. The Bertz CT molecular complexity index is 692. The van der Waals surface area contributed by atoms with Crippen molar-refractivity contribution in [2.75, 3.05) is 0 Å². The van der Waals surface area contributed by atoms with E-state index >= 15 is 0 Å². The molecule has 0 aliphatic carbocycles. The van der Waals surface area contributed by atoms with Gasteiger partial charge < -0.3 is 15.5 Å². The van der Waals surface area contributed by atoms with Gasteiger partial charge in [-0.2, -0.15) is 0 Å². The first kappa shape index (κ1) is 13.9. The molecule has 104 valence electrons. The number of benzene rings is 2. The third kappa shape index (κ3) is 2.56. The van der Waals surface area contributed by atoms with Crippen molar-refractivity contribution < 1.29 is 19.8 Å². The van der Waals surface area contributed by atoms with Gasteiger partial charge in [-0.3, -0.25) is 4.79 Å². The van der Waals surface area contributed by atoms with E-state index in [9.17, 15) is 14.7 Å². The van der Waals surface area contributed by atoms with Crippen LogP contribution in [0.4, 0.5) is 0 Å². The molecule has 0 aliphatic heterocycles. The van der Waals surface area contributed by atoms with Gasteiger partial charge in [-0.25, -0.2) is 4.79 Å². The molecule has 2 rings (SSSR count). The molecule has 0 aromatic heterocycles. The number of carbonyl (C=O) groups excluding carboxylic acids is 1. The largest absolute Gasteiger partial charge is 0.507 e. The van der Waals surface area contributed by atoms with Crippen LogP contribution in [0.1, 0.15) is 34.6 Å². The van der Waals surface area contributed by atoms with Gasteiger partial charge in [0.2, 0.25) is 0 Å². The van der Waals surface area contributed by atoms with Gasteiger partial charge in [0.25, 0.3) is 5.91 Å². The first-order valence-corrected chi connectivity index (χ1v) is 6.20. The zero-order valence-electron chi connectivity index (χ0n) is 11.2. The maximum Gasteiger partial charge on any atom is 0.335 e. The SMILES string of the molecule is CC(C)NC(=O)c1cccc2cc(C(=O)O)cc(O)c12. The first-order chi connectivity index (χ1) is 9.40. The smallest absolute Gasteiger partial charge is 0.335 e. The molecule has 0 saturated carbocycles. The number of carboxylic acid groups (broad SMARTS) is 1.